The number of hydrogen-bond acceptors (Lipinski definition) is 1. The zero-order valence-electron chi connectivity index (χ0n) is 6.38. The van der Waals surface area contributed by atoms with Crippen molar-refractivity contribution in [1.82, 2.24) is 0 Å². The van der Waals surface area contributed by atoms with Crippen LogP contribution in [0.2, 0.25) is 0 Å². The summed E-state index contributed by atoms with van der Waals surface area (Å²) in [5.74, 6) is 0.843. The lowest BCUT2D eigenvalue weighted by Crippen LogP contribution is -2.26. The first-order chi connectivity index (χ1) is 4.77. The predicted molar refractivity (Wildman–Crippen MR) is 43.4 cm³/mol. The van der Waals surface area contributed by atoms with Crippen molar-refractivity contribution in [2.45, 2.75) is 43.1 Å². The van der Waals surface area contributed by atoms with Gasteiger partial charge in [-0.15, -0.1) is 0 Å². The van der Waals surface area contributed by atoms with Gasteiger partial charge in [-0.3, -0.25) is 4.21 Å². The van der Waals surface area contributed by atoms with E-state index in [1.54, 1.807) is 0 Å². The third-order valence-corrected chi connectivity index (χ3v) is 4.97. The van der Waals surface area contributed by atoms with Crippen molar-refractivity contribution in [2.24, 2.45) is 5.92 Å². The third kappa shape index (κ3) is 0.931. The molecule has 0 spiro atoms. The largest absolute Gasteiger partial charge is 0.259 e. The molecule has 58 valence electrons. The Labute approximate surface area is 64.7 Å². The summed E-state index contributed by atoms with van der Waals surface area (Å²) in [6.45, 7) is 2.29. The van der Waals surface area contributed by atoms with Crippen LogP contribution in [0.4, 0.5) is 0 Å². The molecule has 1 nitrogen and oxygen atoms in total. The molecule has 0 radical (unpaired) electrons. The molecule has 0 aliphatic carbocycles. The summed E-state index contributed by atoms with van der Waals surface area (Å²) in [7, 11) is -0.439. The molecule has 0 amide bonds. The van der Waals surface area contributed by atoms with Crippen LogP contribution in [0, 0.1) is 5.92 Å². The molecule has 2 aliphatic heterocycles. The van der Waals surface area contributed by atoms with Gasteiger partial charge in [0.05, 0.1) is 0 Å². The van der Waals surface area contributed by atoms with Crippen LogP contribution in [-0.2, 0) is 10.8 Å². The van der Waals surface area contributed by atoms with Gasteiger partial charge in [0.25, 0.3) is 0 Å². The van der Waals surface area contributed by atoms with E-state index in [1.807, 2.05) is 0 Å². The smallest absolute Gasteiger partial charge is 0.0353 e. The fraction of sp³-hybridized carbons (Fsp3) is 1.00. The Kier molecular flexibility index (Phi) is 1.59. The van der Waals surface area contributed by atoms with E-state index >= 15 is 0 Å². The SMILES string of the molecule is CC1CC2CCC(C1)S2=O. The van der Waals surface area contributed by atoms with Crippen LogP contribution >= 0.6 is 0 Å². The van der Waals surface area contributed by atoms with Crippen LogP contribution in [-0.4, -0.2) is 14.7 Å². The first-order valence-corrected chi connectivity index (χ1v) is 5.44. The Hall–Kier alpha value is 0.150. The molecule has 0 aromatic heterocycles. The molecule has 2 aliphatic rings. The molecular formula is C8H14OS. The van der Waals surface area contributed by atoms with E-state index < -0.39 is 10.8 Å². The molecular weight excluding hydrogens is 144 g/mol. The van der Waals surface area contributed by atoms with E-state index in [9.17, 15) is 4.21 Å². The number of rotatable bonds is 0. The van der Waals surface area contributed by atoms with Gasteiger partial charge in [-0.05, 0) is 31.6 Å². The van der Waals surface area contributed by atoms with Crippen molar-refractivity contribution >= 4 is 10.8 Å². The number of hydrogen-bond donors (Lipinski definition) is 0. The fourth-order valence-electron chi connectivity index (χ4n) is 2.30. The van der Waals surface area contributed by atoms with Crippen molar-refractivity contribution in [2.75, 3.05) is 0 Å². The molecule has 2 atom stereocenters. The molecule has 0 aromatic rings. The summed E-state index contributed by atoms with van der Waals surface area (Å²) in [6, 6.07) is 0. The summed E-state index contributed by atoms with van der Waals surface area (Å²) in [5.41, 5.74) is 0. The third-order valence-electron chi connectivity index (χ3n) is 2.80. The molecule has 2 saturated heterocycles. The minimum Gasteiger partial charge on any atom is -0.259 e. The summed E-state index contributed by atoms with van der Waals surface area (Å²) < 4.78 is 11.4. The van der Waals surface area contributed by atoms with Gasteiger partial charge in [-0.2, -0.15) is 0 Å². The van der Waals surface area contributed by atoms with Crippen LogP contribution < -0.4 is 0 Å². The predicted octanol–water partition coefficient (Wildman–Crippen LogP) is 1.70. The highest BCUT2D eigenvalue weighted by Crippen LogP contribution is 2.38. The van der Waals surface area contributed by atoms with Gasteiger partial charge in [-0.1, -0.05) is 6.92 Å². The molecule has 0 aromatic carbocycles. The lowest BCUT2D eigenvalue weighted by Gasteiger charge is -2.23. The fourth-order valence-corrected chi connectivity index (χ4v) is 4.61. The topological polar surface area (TPSA) is 17.1 Å². The summed E-state index contributed by atoms with van der Waals surface area (Å²) in [5, 5.41) is 1.16. The summed E-state index contributed by atoms with van der Waals surface area (Å²) in [6.07, 6.45) is 4.93. The van der Waals surface area contributed by atoms with E-state index in [2.05, 4.69) is 6.92 Å². The lowest BCUT2D eigenvalue weighted by molar-refractivity contribution is 0.481. The van der Waals surface area contributed by atoms with Crippen molar-refractivity contribution in [3.63, 3.8) is 0 Å². The molecule has 2 fully saturated rings. The first kappa shape index (κ1) is 6.84. The van der Waals surface area contributed by atoms with E-state index in [0.717, 1.165) is 5.92 Å². The molecule has 0 saturated carbocycles. The maximum atomic E-state index is 11.4. The maximum absolute atomic E-state index is 11.4. The average molecular weight is 158 g/mol. The second-order valence-corrected chi connectivity index (χ2v) is 5.72. The normalized spacial score (nSPS) is 53.3. The van der Waals surface area contributed by atoms with Gasteiger partial charge in [-0.25, -0.2) is 0 Å². The number of fused-ring (bicyclic) bond motifs is 2. The van der Waals surface area contributed by atoms with Crippen LogP contribution in [0.3, 0.4) is 0 Å². The van der Waals surface area contributed by atoms with Crippen molar-refractivity contribution in [3.05, 3.63) is 0 Å². The summed E-state index contributed by atoms with van der Waals surface area (Å²) in [4.78, 5) is 0. The quantitative estimate of drug-likeness (QED) is 0.524. The molecule has 10 heavy (non-hydrogen) atoms. The average Bonchev–Trinajstić information content (AvgIpc) is 2.20. The Morgan fingerprint density at radius 1 is 1.20 bits per heavy atom. The second-order valence-electron chi connectivity index (χ2n) is 3.73. The van der Waals surface area contributed by atoms with Crippen LogP contribution in [0.1, 0.15) is 32.6 Å². The highest BCUT2D eigenvalue weighted by Gasteiger charge is 2.38. The molecule has 2 heterocycles. The van der Waals surface area contributed by atoms with Gasteiger partial charge >= 0.3 is 0 Å². The van der Waals surface area contributed by atoms with E-state index in [-0.39, 0.29) is 0 Å². The Bertz CT molecular complexity index is 151. The van der Waals surface area contributed by atoms with E-state index in [0.29, 0.717) is 10.5 Å². The monoisotopic (exact) mass is 158 g/mol. The van der Waals surface area contributed by atoms with Gasteiger partial charge in [0.1, 0.15) is 0 Å². The van der Waals surface area contributed by atoms with Crippen molar-refractivity contribution < 1.29 is 4.21 Å². The second kappa shape index (κ2) is 2.33. The summed E-state index contributed by atoms with van der Waals surface area (Å²) >= 11 is 0. The minimum atomic E-state index is -0.439. The first-order valence-electron chi connectivity index (χ1n) is 4.16. The van der Waals surface area contributed by atoms with Crippen molar-refractivity contribution in [1.29, 1.82) is 0 Å². The zero-order chi connectivity index (χ0) is 7.14. The van der Waals surface area contributed by atoms with Crippen LogP contribution in [0.25, 0.3) is 0 Å². The van der Waals surface area contributed by atoms with E-state index in [4.69, 9.17) is 0 Å². The highest BCUT2D eigenvalue weighted by molar-refractivity contribution is 7.86. The Morgan fingerprint density at radius 3 is 2.20 bits per heavy atom. The minimum absolute atomic E-state index is 0.439. The van der Waals surface area contributed by atoms with Gasteiger partial charge in [0.2, 0.25) is 0 Å². The molecule has 0 N–H and O–H groups in total. The van der Waals surface area contributed by atoms with Gasteiger partial charge < -0.3 is 0 Å². The molecule has 2 unspecified atom stereocenters. The van der Waals surface area contributed by atoms with Gasteiger partial charge in [0, 0.05) is 21.3 Å². The molecule has 2 bridgehead atoms. The Morgan fingerprint density at radius 2 is 1.70 bits per heavy atom. The van der Waals surface area contributed by atoms with Crippen molar-refractivity contribution in [3.8, 4) is 0 Å². The van der Waals surface area contributed by atoms with Crippen LogP contribution in [0.15, 0.2) is 0 Å². The Balaban J connectivity index is 2.16. The van der Waals surface area contributed by atoms with Gasteiger partial charge in [0.15, 0.2) is 0 Å². The van der Waals surface area contributed by atoms with E-state index in [1.165, 1.54) is 25.7 Å². The highest BCUT2D eigenvalue weighted by atomic mass is 32.2. The lowest BCUT2D eigenvalue weighted by atomic mass is 10.0. The molecule has 2 rings (SSSR count). The molecule has 2 heteroatoms. The van der Waals surface area contributed by atoms with Crippen LogP contribution in [0.5, 0.6) is 0 Å². The standard InChI is InChI=1S/C8H14OS/c1-6-4-7-2-3-8(5-6)10(7)9/h6-8H,2-5H2,1H3. The zero-order valence-corrected chi connectivity index (χ0v) is 7.19. The maximum Gasteiger partial charge on any atom is 0.0353 e.